The van der Waals surface area contributed by atoms with Gasteiger partial charge < -0.3 is 25.0 Å². The third-order valence-corrected chi connectivity index (χ3v) is 4.68. The highest BCUT2D eigenvalue weighted by molar-refractivity contribution is 6.03. The number of amides is 3. The molecule has 2 N–H and O–H groups in total. The largest absolute Gasteiger partial charge is 0.478 e. The molecule has 28 heavy (non-hydrogen) atoms. The van der Waals surface area contributed by atoms with Crippen molar-refractivity contribution in [3.63, 3.8) is 0 Å². The quantitative estimate of drug-likeness (QED) is 0.836. The smallest absolute Gasteiger partial charge is 0.266 e. The molecule has 0 radical (unpaired) electrons. The van der Waals surface area contributed by atoms with E-state index in [-0.39, 0.29) is 30.7 Å². The Morgan fingerprint density at radius 1 is 1.11 bits per heavy atom. The van der Waals surface area contributed by atoms with Crippen LogP contribution in [0.3, 0.4) is 0 Å². The fourth-order valence-corrected chi connectivity index (χ4v) is 3.26. The van der Waals surface area contributed by atoms with E-state index in [0.29, 0.717) is 22.9 Å². The van der Waals surface area contributed by atoms with Gasteiger partial charge in [0.05, 0.1) is 24.3 Å². The Kier molecular flexibility index (Phi) is 4.60. The fraction of sp³-hybridized carbons (Fsp3) is 0.250. The lowest BCUT2D eigenvalue weighted by molar-refractivity contribution is -0.130. The minimum absolute atomic E-state index is 0.0560. The van der Waals surface area contributed by atoms with Crippen LogP contribution >= 0.6 is 0 Å². The van der Waals surface area contributed by atoms with Crippen LogP contribution in [0.2, 0.25) is 0 Å². The topological polar surface area (TPSA) is 97.0 Å². The van der Waals surface area contributed by atoms with Crippen molar-refractivity contribution < 1.29 is 23.9 Å². The summed E-state index contributed by atoms with van der Waals surface area (Å²) in [6, 6.07) is 14.0. The number of para-hydroxylation sites is 4. The van der Waals surface area contributed by atoms with E-state index in [1.165, 1.54) is 11.9 Å². The molecule has 0 bridgehead atoms. The van der Waals surface area contributed by atoms with Crippen molar-refractivity contribution in [2.45, 2.75) is 18.6 Å². The molecule has 0 saturated carbocycles. The minimum atomic E-state index is -0.948. The third kappa shape index (κ3) is 3.24. The standard InChI is InChI=1S/C20H19N3O5/c1-21-19(25)17-11-23(13-7-3-5-9-15(13)28-17)18(24)10-16-20(26)22-12-6-2-4-8-14(12)27-16/h2-9,16-17H,10-11H2,1H3,(H,21,25)(H,22,26)/t16-,17-/m0/s1. The first-order chi connectivity index (χ1) is 13.6. The highest BCUT2D eigenvalue weighted by Gasteiger charge is 2.36. The summed E-state index contributed by atoms with van der Waals surface area (Å²) in [6.07, 6.45) is -1.93. The van der Waals surface area contributed by atoms with Crippen LogP contribution in [0.4, 0.5) is 11.4 Å². The highest BCUT2D eigenvalue weighted by Crippen LogP contribution is 2.35. The van der Waals surface area contributed by atoms with E-state index in [4.69, 9.17) is 9.47 Å². The zero-order chi connectivity index (χ0) is 19.7. The molecule has 144 valence electrons. The molecule has 0 spiro atoms. The summed E-state index contributed by atoms with van der Waals surface area (Å²) in [7, 11) is 1.51. The van der Waals surface area contributed by atoms with Crippen LogP contribution in [-0.4, -0.2) is 43.5 Å². The van der Waals surface area contributed by atoms with Crippen LogP contribution in [0.25, 0.3) is 0 Å². The number of hydrogen-bond acceptors (Lipinski definition) is 5. The van der Waals surface area contributed by atoms with Gasteiger partial charge in [0.1, 0.15) is 11.5 Å². The van der Waals surface area contributed by atoms with Crippen LogP contribution in [0, 0.1) is 0 Å². The van der Waals surface area contributed by atoms with E-state index in [1.807, 2.05) is 0 Å². The number of nitrogens with one attached hydrogen (secondary N) is 2. The van der Waals surface area contributed by atoms with Crippen LogP contribution in [-0.2, 0) is 14.4 Å². The number of rotatable bonds is 3. The molecule has 0 unspecified atom stereocenters. The summed E-state index contributed by atoms with van der Waals surface area (Å²) in [5.41, 5.74) is 1.14. The average molecular weight is 381 g/mol. The second-order valence-electron chi connectivity index (χ2n) is 6.49. The molecular formula is C20H19N3O5. The molecule has 8 nitrogen and oxygen atoms in total. The van der Waals surface area contributed by atoms with Crippen molar-refractivity contribution in [1.82, 2.24) is 5.32 Å². The Morgan fingerprint density at radius 2 is 1.82 bits per heavy atom. The molecular weight excluding hydrogens is 362 g/mol. The number of benzene rings is 2. The maximum atomic E-state index is 13.0. The van der Waals surface area contributed by atoms with Crippen molar-refractivity contribution in [3.05, 3.63) is 48.5 Å². The van der Waals surface area contributed by atoms with Gasteiger partial charge in [-0.1, -0.05) is 24.3 Å². The van der Waals surface area contributed by atoms with Gasteiger partial charge in [0.15, 0.2) is 12.2 Å². The maximum absolute atomic E-state index is 13.0. The number of likely N-dealkylation sites (N-methyl/N-ethyl adjacent to an activating group) is 1. The Morgan fingerprint density at radius 3 is 2.61 bits per heavy atom. The third-order valence-electron chi connectivity index (χ3n) is 4.68. The summed E-state index contributed by atoms with van der Waals surface area (Å²) < 4.78 is 11.4. The molecule has 0 aromatic heterocycles. The van der Waals surface area contributed by atoms with Gasteiger partial charge >= 0.3 is 0 Å². The van der Waals surface area contributed by atoms with Crippen molar-refractivity contribution in [2.75, 3.05) is 23.8 Å². The molecule has 2 aromatic carbocycles. The second-order valence-corrected chi connectivity index (χ2v) is 6.49. The van der Waals surface area contributed by atoms with Crippen molar-refractivity contribution in [3.8, 4) is 11.5 Å². The number of carbonyl (C=O) groups is 3. The number of anilines is 2. The molecule has 0 aliphatic carbocycles. The Labute approximate surface area is 161 Å². The van der Waals surface area contributed by atoms with E-state index in [2.05, 4.69) is 10.6 Å². The molecule has 2 atom stereocenters. The Bertz CT molecular complexity index is 945. The first kappa shape index (κ1) is 17.8. The zero-order valence-electron chi connectivity index (χ0n) is 15.2. The van der Waals surface area contributed by atoms with Crippen molar-refractivity contribution >= 4 is 29.1 Å². The van der Waals surface area contributed by atoms with E-state index in [1.54, 1.807) is 48.5 Å². The minimum Gasteiger partial charge on any atom is -0.478 e. The van der Waals surface area contributed by atoms with E-state index in [0.717, 1.165) is 0 Å². The molecule has 0 fully saturated rings. The van der Waals surface area contributed by atoms with Crippen molar-refractivity contribution in [1.29, 1.82) is 0 Å². The molecule has 8 heteroatoms. The summed E-state index contributed by atoms with van der Waals surface area (Å²) in [4.78, 5) is 38.9. The van der Waals surface area contributed by atoms with Crippen LogP contribution in [0.5, 0.6) is 11.5 Å². The molecule has 0 saturated heterocycles. The molecule has 2 heterocycles. The van der Waals surface area contributed by atoms with E-state index < -0.39 is 12.2 Å². The van der Waals surface area contributed by atoms with Gasteiger partial charge in [0.2, 0.25) is 5.91 Å². The van der Waals surface area contributed by atoms with Gasteiger partial charge in [0, 0.05) is 7.05 Å². The normalized spacial score (nSPS) is 20.0. The molecule has 4 rings (SSSR count). The predicted octanol–water partition coefficient (Wildman–Crippen LogP) is 1.32. The van der Waals surface area contributed by atoms with Gasteiger partial charge in [-0.2, -0.15) is 0 Å². The summed E-state index contributed by atoms with van der Waals surface area (Å²) >= 11 is 0. The molecule has 3 amide bonds. The van der Waals surface area contributed by atoms with Gasteiger partial charge in [-0.25, -0.2) is 0 Å². The Balaban J connectivity index is 1.55. The number of carbonyl (C=O) groups excluding carboxylic acids is 3. The van der Waals surface area contributed by atoms with Gasteiger partial charge in [-0.15, -0.1) is 0 Å². The lowest BCUT2D eigenvalue weighted by Gasteiger charge is -2.35. The second kappa shape index (κ2) is 7.22. The van der Waals surface area contributed by atoms with Crippen LogP contribution in [0.15, 0.2) is 48.5 Å². The van der Waals surface area contributed by atoms with Crippen molar-refractivity contribution in [2.24, 2.45) is 0 Å². The lowest BCUT2D eigenvalue weighted by Crippen LogP contribution is -2.51. The number of fused-ring (bicyclic) bond motifs is 2. The van der Waals surface area contributed by atoms with Gasteiger partial charge in [-0.3, -0.25) is 14.4 Å². The monoisotopic (exact) mass is 381 g/mol. The first-order valence-electron chi connectivity index (χ1n) is 8.91. The zero-order valence-corrected chi connectivity index (χ0v) is 15.2. The van der Waals surface area contributed by atoms with Gasteiger partial charge in [-0.05, 0) is 24.3 Å². The number of hydrogen-bond donors (Lipinski definition) is 2. The highest BCUT2D eigenvalue weighted by atomic mass is 16.5. The van der Waals surface area contributed by atoms with Gasteiger partial charge in [0.25, 0.3) is 11.8 Å². The summed E-state index contributed by atoms with van der Waals surface area (Å²) in [5, 5.41) is 5.28. The fourth-order valence-electron chi connectivity index (χ4n) is 3.26. The molecule has 2 aliphatic heterocycles. The predicted molar refractivity (Wildman–Crippen MR) is 101 cm³/mol. The molecule has 2 aromatic rings. The summed E-state index contributed by atoms with van der Waals surface area (Å²) in [6.45, 7) is 0.0560. The number of ether oxygens (including phenoxy) is 2. The van der Waals surface area contributed by atoms with E-state index >= 15 is 0 Å². The maximum Gasteiger partial charge on any atom is 0.266 e. The lowest BCUT2D eigenvalue weighted by atomic mass is 10.1. The SMILES string of the molecule is CNC(=O)[C@@H]1CN(C(=O)C[C@@H]2Oc3ccccc3NC2=O)c2ccccc2O1. The van der Waals surface area contributed by atoms with E-state index in [9.17, 15) is 14.4 Å². The Hall–Kier alpha value is -3.55. The van der Waals surface area contributed by atoms with Crippen LogP contribution < -0.4 is 25.0 Å². The van der Waals surface area contributed by atoms with Crippen LogP contribution in [0.1, 0.15) is 6.42 Å². The average Bonchev–Trinajstić information content (AvgIpc) is 2.72. The summed E-state index contributed by atoms with van der Waals surface area (Å²) in [5.74, 6) is -0.0749. The number of nitrogens with zero attached hydrogens (tertiary/aromatic N) is 1. The molecule has 2 aliphatic rings. The first-order valence-corrected chi connectivity index (χ1v) is 8.91.